The highest BCUT2D eigenvalue weighted by atomic mass is 16.7. The van der Waals surface area contributed by atoms with Gasteiger partial charge in [0, 0.05) is 0 Å². The molecular weight excluding hydrogens is 186 g/mol. The van der Waals surface area contributed by atoms with Crippen LogP contribution in [-0.4, -0.2) is 29.8 Å². The van der Waals surface area contributed by atoms with Crippen LogP contribution in [0, 0.1) is 5.92 Å². The highest BCUT2D eigenvalue weighted by Gasteiger charge is 2.37. The van der Waals surface area contributed by atoms with Crippen LogP contribution in [0.15, 0.2) is 0 Å². The molecule has 0 bridgehead atoms. The molecule has 1 aliphatic rings. The van der Waals surface area contributed by atoms with Gasteiger partial charge in [-0.15, -0.1) is 5.06 Å². The molecule has 1 atom stereocenters. The van der Waals surface area contributed by atoms with Gasteiger partial charge in [-0.2, -0.15) is 0 Å². The second-order valence-corrected chi connectivity index (χ2v) is 3.48. The van der Waals surface area contributed by atoms with Gasteiger partial charge in [0.15, 0.2) is 0 Å². The fourth-order valence-corrected chi connectivity index (χ4v) is 1.17. The monoisotopic (exact) mass is 201 g/mol. The Hall–Kier alpha value is -1.10. The van der Waals surface area contributed by atoms with Crippen molar-refractivity contribution in [1.82, 2.24) is 5.06 Å². The average Bonchev–Trinajstić information content (AvgIpc) is 2.48. The topological polar surface area (TPSA) is 55.8 Å². The number of carbonyl (C=O) groups excluding carboxylic acids is 2. The van der Waals surface area contributed by atoms with Crippen LogP contribution < -0.4 is 0 Å². The van der Waals surface area contributed by atoms with E-state index in [4.69, 9.17) is 4.84 Å². The second-order valence-electron chi connectivity index (χ2n) is 3.48. The fourth-order valence-electron chi connectivity index (χ4n) is 1.17. The number of ether oxygens (including phenoxy) is 1. The molecule has 5 nitrogen and oxygen atoms in total. The van der Waals surface area contributed by atoms with Gasteiger partial charge >= 0.3 is 6.09 Å². The molecule has 0 radical (unpaired) electrons. The summed E-state index contributed by atoms with van der Waals surface area (Å²) in [5.74, 6) is -0.125. The van der Waals surface area contributed by atoms with Crippen molar-refractivity contribution < 1.29 is 19.2 Å². The van der Waals surface area contributed by atoms with Crippen molar-refractivity contribution in [1.29, 1.82) is 0 Å². The van der Waals surface area contributed by atoms with Crippen molar-refractivity contribution in [3.05, 3.63) is 0 Å². The van der Waals surface area contributed by atoms with Crippen molar-refractivity contribution in [3.63, 3.8) is 0 Å². The second kappa shape index (κ2) is 4.41. The zero-order valence-electron chi connectivity index (χ0n) is 8.65. The summed E-state index contributed by atoms with van der Waals surface area (Å²) in [7, 11) is 0. The molecule has 0 N–H and O–H groups in total. The fraction of sp³-hybridized carbons (Fsp3) is 0.778. The summed E-state index contributed by atoms with van der Waals surface area (Å²) in [6.45, 7) is 5.79. The van der Waals surface area contributed by atoms with Gasteiger partial charge in [-0.25, -0.2) is 4.79 Å². The minimum atomic E-state index is -0.722. The van der Waals surface area contributed by atoms with Crippen molar-refractivity contribution in [3.8, 4) is 0 Å². The molecule has 80 valence electrons. The van der Waals surface area contributed by atoms with Crippen LogP contribution in [0.5, 0.6) is 0 Å². The Morgan fingerprint density at radius 3 is 2.79 bits per heavy atom. The van der Waals surface area contributed by atoms with Gasteiger partial charge in [-0.05, 0) is 12.8 Å². The van der Waals surface area contributed by atoms with Gasteiger partial charge in [-0.1, -0.05) is 13.8 Å². The summed E-state index contributed by atoms with van der Waals surface area (Å²) in [5.41, 5.74) is 0. The normalized spacial score (nSPS) is 21.9. The van der Waals surface area contributed by atoms with Crippen molar-refractivity contribution in [2.45, 2.75) is 33.3 Å². The van der Waals surface area contributed by atoms with E-state index in [-0.39, 0.29) is 31.0 Å². The van der Waals surface area contributed by atoms with Crippen LogP contribution in [0.4, 0.5) is 4.79 Å². The number of rotatable bonds is 2. The number of amides is 2. The number of hydrogen-bond donors (Lipinski definition) is 0. The van der Waals surface area contributed by atoms with E-state index in [0.29, 0.717) is 5.06 Å². The van der Waals surface area contributed by atoms with E-state index in [9.17, 15) is 9.59 Å². The molecule has 0 aromatic rings. The lowest BCUT2D eigenvalue weighted by molar-refractivity contribution is -0.164. The molecule has 0 aromatic carbocycles. The molecule has 5 heteroatoms. The van der Waals surface area contributed by atoms with Crippen LogP contribution in [0.1, 0.15) is 27.2 Å². The van der Waals surface area contributed by atoms with Gasteiger partial charge < -0.3 is 4.74 Å². The predicted octanol–water partition coefficient (Wildman–Crippen LogP) is 1.33. The highest BCUT2D eigenvalue weighted by molar-refractivity contribution is 5.91. The minimum absolute atomic E-state index is 0.207. The maximum atomic E-state index is 11.3. The van der Waals surface area contributed by atoms with E-state index in [2.05, 4.69) is 4.74 Å². The molecule has 0 aromatic heterocycles. The summed E-state index contributed by atoms with van der Waals surface area (Å²) < 4.78 is 4.67. The Labute approximate surface area is 82.9 Å². The van der Waals surface area contributed by atoms with Crippen molar-refractivity contribution in [2.24, 2.45) is 5.92 Å². The van der Waals surface area contributed by atoms with E-state index in [1.807, 2.05) is 13.8 Å². The van der Waals surface area contributed by atoms with Gasteiger partial charge in [0.1, 0.15) is 0 Å². The van der Waals surface area contributed by atoms with Crippen molar-refractivity contribution in [2.75, 3.05) is 6.61 Å². The average molecular weight is 201 g/mol. The van der Waals surface area contributed by atoms with Gasteiger partial charge in [0.05, 0.1) is 19.1 Å². The first kappa shape index (κ1) is 11.0. The number of hydrogen-bond acceptors (Lipinski definition) is 4. The van der Waals surface area contributed by atoms with E-state index in [1.165, 1.54) is 0 Å². The third-order valence-corrected chi connectivity index (χ3v) is 2.02. The molecule has 1 heterocycles. The predicted molar refractivity (Wildman–Crippen MR) is 48.2 cm³/mol. The van der Waals surface area contributed by atoms with Gasteiger partial charge in [-0.3, -0.25) is 9.63 Å². The van der Waals surface area contributed by atoms with E-state index in [0.717, 1.165) is 0 Å². The smallest absolute Gasteiger partial charge is 0.441 e. The highest BCUT2D eigenvalue weighted by Crippen LogP contribution is 2.22. The summed E-state index contributed by atoms with van der Waals surface area (Å²) in [4.78, 5) is 27.6. The molecule has 1 fully saturated rings. The molecule has 1 rings (SSSR count). The van der Waals surface area contributed by atoms with Gasteiger partial charge in [0.25, 0.3) is 5.91 Å². The van der Waals surface area contributed by atoms with Crippen LogP contribution in [0.2, 0.25) is 0 Å². The largest absolute Gasteiger partial charge is 0.448 e. The minimum Gasteiger partial charge on any atom is -0.448 e. The summed E-state index contributed by atoms with van der Waals surface area (Å²) in [6.07, 6.45) is -0.691. The first-order valence-electron chi connectivity index (χ1n) is 4.72. The first-order chi connectivity index (χ1) is 6.56. The molecule has 0 aliphatic carbocycles. The molecule has 0 unspecified atom stereocenters. The quantitative estimate of drug-likeness (QED) is 0.676. The van der Waals surface area contributed by atoms with Crippen LogP contribution in [-0.2, 0) is 14.4 Å². The summed E-state index contributed by atoms with van der Waals surface area (Å²) in [6, 6.07) is 0. The number of hydroxylamine groups is 2. The Kier molecular flexibility index (Phi) is 3.46. The lowest BCUT2D eigenvalue weighted by atomic mass is 10.1. The Morgan fingerprint density at radius 2 is 2.36 bits per heavy atom. The third-order valence-electron chi connectivity index (χ3n) is 2.02. The van der Waals surface area contributed by atoms with Gasteiger partial charge in [0.2, 0.25) is 0 Å². The molecular formula is C9H15NO4. The molecule has 0 saturated carbocycles. The zero-order chi connectivity index (χ0) is 10.7. The third kappa shape index (κ3) is 2.23. The van der Waals surface area contributed by atoms with Crippen LogP contribution in [0.3, 0.4) is 0 Å². The molecule has 1 saturated heterocycles. The van der Waals surface area contributed by atoms with E-state index < -0.39 is 6.09 Å². The first-order valence-corrected chi connectivity index (χ1v) is 4.72. The van der Waals surface area contributed by atoms with Crippen molar-refractivity contribution >= 4 is 12.0 Å². The Balaban J connectivity index is 2.56. The number of carbonyl (C=O) groups is 2. The Bertz CT molecular complexity index is 239. The SMILES string of the molecule is CCOC(=O)N1O[C@H](C(C)C)CC1=O. The molecule has 2 amide bonds. The maximum Gasteiger partial charge on any atom is 0.441 e. The lowest BCUT2D eigenvalue weighted by Crippen LogP contribution is -2.32. The summed E-state index contributed by atoms with van der Waals surface area (Å²) in [5, 5.41) is 0.716. The van der Waals surface area contributed by atoms with E-state index >= 15 is 0 Å². The molecule has 0 spiro atoms. The molecule has 1 aliphatic heterocycles. The summed E-state index contributed by atoms with van der Waals surface area (Å²) >= 11 is 0. The number of imide groups is 1. The Morgan fingerprint density at radius 1 is 1.71 bits per heavy atom. The van der Waals surface area contributed by atoms with Crippen LogP contribution in [0.25, 0.3) is 0 Å². The number of nitrogens with zero attached hydrogens (tertiary/aromatic N) is 1. The maximum absolute atomic E-state index is 11.3. The standard InChI is InChI=1S/C9H15NO4/c1-4-13-9(12)10-8(11)5-7(14-10)6(2)3/h6-7H,4-5H2,1-3H3/t7-/m0/s1. The van der Waals surface area contributed by atoms with E-state index in [1.54, 1.807) is 6.92 Å². The van der Waals surface area contributed by atoms with Crippen LogP contribution >= 0.6 is 0 Å². The molecule has 14 heavy (non-hydrogen) atoms. The lowest BCUT2D eigenvalue weighted by Gasteiger charge is -2.15. The zero-order valence-corrected chi connectivity index (χ0v) is 8.65.